The van der Waals surface area contributed by atoms with Gasteiger partial charge >= 0.3 is 5.97 Å². The molecule has 3 aromatic rings. The zero-order chi connectivity index (χ0) is 23.4. The highest BCUT2D eigenvalue weighted by atomic mass is 19.1. The van der Waals surface area contributed by atoms with Crippen molar-refractivity contribution in [1.29, 1.82) is 0 Å². The molecule has 1 aliphatic rings. The van der Waals surface area contributed by atoms with Crippen LogP contribution >= 0.6 is 0 Å². The Kier molecular flexibility index (Phi) is 7.16. The summed E-state index contributed by atoms with van der Waals surface area (Å²) < 4.78 is 18.5. The second-order valence-corrected chi connectivity index (χ2v) is 8.41. The van der Waals surface area contributed by atoms with Crippen LogP contribution in [-0.4, -0.2) is 40.0 Å². The number of aromatic nitrogens is 1. The van der Waals surface area contributed by atoms with Gasteiger partial charge in [-0.05, 0) is 43.5 Å². The molecule has 1 fully saturated rings. The quantitative estimate of drug-likeness (QED) is 0.450. The zero-order valence-electron chi connectivity index (χ0n) is 18.6. The smallest absolute Gasteiger partial charge is 0.308 e. The first-order valence-electron chi connectivity index (χ1n) is 11.3. The van der Waals surface area contributed by atoms with E-state index >= 15 is 0 Å². The molecule has 4 rings (SSSR count). The van der Waals surface area contributed by atoms with Crippen LogP contribution in [0.25, 0.3) is 28.1 Å². The standard InChI is InChI=1S/C27H28FNO4/c1-2-33-25(32)16-21(31)15-20(30)13-14-23-26(17-9-11-19(28)12-10-17)22-5-3-4-6-24(22)29-27(23)18-7-8-18/h3-6,9-14,18,20-21,30-31H,2,7-8,15-16H2,1H3/b14-13+/t20-,21+/m0/s1. The molecule has 6 heteroatoms. The van der Waals surface area contributed by atoms with Gasteiger partial charge in [0.15, 0.2) is 0 Å². The van der Waals surface area contributed by atoms with E-state index in [2.05, 4.69) is 0 Å². The van der Waals surface area contributed by atoms with Gasteiger partial charge in [0.1, 0.15) is 5.82 Å². The zero-order valence-corrected chi connectivity index (χ0v) is 18.6. The lowest BCUT2D eigenvalue weighted by atomic mass is 9.92. The van der Waals surface area contributed by atoms with Crippen LogP contribution in [0.15, 0.2) is 54.6 Å². The number of benzene rings is 2. The van der Waals surface area contributed by atoms with Gasteiger partial charge in [0, 0.05) is 28.9 Å². The summed E-state index contributed by atoms with van der Waals surface area (Å²) >= 11 is 0. The normalized spacial score (nSPS) is 15.6. The summed E-state index contributed by atoms with van der Waals surface area (Å²) in [6, 6.07) is 14.3. The molecule has 0 spiro atoms. The van der Waals surface area contributed by atoms with E-state index in [1.165, 1.54) is 12.1 Å². The van der Waals surface area contributed by atoms with Crippen LogP contribution in [0.2, 0.25) is 0 Å². The van der Waals surface area contributed by atoms with Crippen LogP contribution in [0, 0.1) is 5.82 Å². The van der Waals surface area contributed by atoms with Crippen molar-refractivity contribution in [1.82, 2.24) is 4.98 Å². The molecule has 5 nitrogen and oxygen atoms in total. The average molecular weight is 450 g/mol. The summed E-state index contributed by atoms with van der Waals surface area (Å²) in [5.41, 5.74) is 4.54. The Morgan fingerprint density at radius 2 is 1.91 bits per heavy atom. The number of hydrogen-bond donors (Lipinski definition) is 2. The minimum atomic E-state index is -1.00. The molecule has 0 bridgehead atoms. The minimum absolute atomic E-state index is 0.0148. The van der Waals surface area contributed by atoms with Gasteiger partial charge in [-0.3, -0.25) is 9.78 Å². The van der Waals surface area contributed by atoms with Crippen molar-refractivity contribution in [2.24, 2.45) is 0 Å². The van der Waals surface area contributed by atoms with Crippen LogP contribution in [0.5, 0.6) is 0 Å². The minimum Gasteiger partial charge on any atom is -0.466 e. The molecule has 1 heterocycles. The van der Waals surface area contributed by atoms with Gasteiger partial charge in [-0.2, -0.15) is 0 Å². The van der Waals surface area contributed by atoms with Crippen molar-refractivity contribution in [2.75, 3.05) is 6.61 Å². The summed E-state index contributed by atoms with van der Waals surface area (Å²) in [6.07, 6.45) is 3.47. The maximum atomic E-state index is 13.6. The molecule has 2 atom stereocenters. The first-order valence-corrected chi connectivity index (χ1v) is 11.3. The van der Waals surface area contributed by atoms with Gasteiger partial charge in [-0.15, -0.1) is 0 Å². The van der Waals surface area contributed by atoms with Gasteiger partial charge in [0.05, 0.1) is 36.4 Å². The van der Waals surface area contributed by atoms with E-state index in [4.69, 9.17) is 9.72 Å². The van der Waals surface area contributed by atoms with Crippen molar-refractivity contribution in [3.63, 3.8) is 0 Å². The van der Waals surface area contributed by atoms with Crippen molar-refractivity contribution >= 4 is 22.9 Å². The molecule has 1 aromatic heterocycles. The molecule has 2 N–H and O–H groups in total. The van der Waals surface area contributed by atoms with Crippen molar-refractivity contribution in [3.8, 4) is 11.1 Å². The van der Waals surface area contributed by atoms with E-state index < -0.39 is 18.2 Å². The van der Waals surface area contributed by atoms with Gasteiger partial charge < -0.3 is 14.9 Å². The SMILES string of the molecule is CCOC(=O)C[C@H](O)C[C@@H](O)/C=C/c1c(C2CC2)nc2ccccc2c1-c1ccc(F)cc1. The number of esters is 1. The molecule has 2 aromatic carbocycles. The largest absolute Gasteiger partial charge is 0.466 e. The molecule has 0 unspecified atom stereocenters. The lowest BCUT2D eigenvalue weighted by Crippen LogP contribution is -2.20. The number of rotatable bonds is 9. The van der Waals surface area contributed by atoms with E-state index in [0.717, 1.165) is 46.1 Å². The van der Waals surface area contributed by atoms with E-state index in [0.29, 0.717) is 5.92 Å². The number of aliphatic hydroxyl groups excluding tert-OH is 2. The molecule has 0 saturated heterocycles. The number of hydrogen-bond acceptors (Lipinski definition) is 5. The molecule has 1 aliphatic carbocycles. The second-order valence-electron chi connectivity index (χ2n) is 8.41. The Labute approximate surface area is 192 Å². The molecule has 0 radical (unpaired) electrons. The van der Waals surface area contributed by atoms with E-state index in [9.17, 15) is 19.4 Å². The first kappa shape index (κ1) is 23.1. The van der Waals surface area contributed by atoms with Crippen molar-refractivity contribution < 1.29 is 24.1 Å². The third kappa shape index (κ3) is 5.64. The monoisotopic (exact) mass is 449 g/mol. The fraction of sp³-hybridized carbons (Fsp3) is 0.333. The van der Waals surface area contributed by atoms with Crippen molar-refractivity contribution in [2.45, 2.75) is 50.7 Å². The summed E-state index contributed by atoms with van der Waals surface area (Å²) in [5.74, 6) is -0.447. The number of carbonyl (C=O) groups excluding carboxylic acids is 1. The molecular formula is C27H28FNO4. The van der Waals surface area contributed by atoms with Gasteiger partial charge in [0.25, 0.3) is 0 Å². The van der Waals surface area contributed by atoms with E-state index in [1.807, 2.05) is 30.3 Å². The number of para-hydroxylation sites is 1. The maximum Gasteiger partial charge on any atom is 0.308 e. The number of aliphatic hydroxyl groups is 2. The Morgan fingerprint density at radius 3 is 2.61 bits per heavy atom. The van der Waals surface area contributed by atoms with Crippen LogP contribution in [0.4, 0.5) is 4.39 Å². The van der Waals surface area contributed by atoms with Gasteiger partial charge in [-0.1, -0.05) is 42.5 Å². The molecule has 1 saturated carbocycles. The molecule has 0 amide bonds. The van der Waals surface area contributed by atoms with E-state index in [1.54, 1.807) is 25.1 Å². The number of ether oxygens (including phenoxy) is 1. The Hall–Kier alpha value is -3.09. The highest BCUT2D eigenvalue weighted by molar-refractivity contribution is 5.99. The third-order valence-corrected chi connectivity index (χ3v) is 5.76. The molecule has 172 valence electrons. The Balaban J connectivity index is 1.70. The predicted octanol–water partition coefficient (Wildman–Crippen LogP) is 5.00. The number of carbonyl (C=O) groups is 1. The second kappa shape index (κ2) is 10.2. The van der Waals surface area contributed by atoms with Crippen LogP contribution in [-0.2, 0) is 9.53 Å². The first-order chi connectivity index (χ1) is 16.0. The highest BCUT2D eigenvalue weighted by Gasteiger charge is 2.29. The lowest BCUT2D eigenvalue weighted by Gasteiger charge is -2.16. The summed E-state index contributed by atoms with van der Waals surface area (Å²) in [5, 5.41) is 21.6. The topological polar surface area (TPSA) is 79.7 Å². The van der Waals surface area contributed by atoms with Gasteiger partial charge in [-0.25, -0.2) is 4.39 Å². The number of fused-ring (bicyclic) bond motifs is 1. The van der Waals surface area contributed by atoms with Crippen LogP contribution in [0.3, 0.4) is 0 Å². The highest BCUT2D eigenvalue weighted by Crippen LogP contribution is 2.45. The number of pyridine rings is 1. The average Bonchev–Trinajstić information content (AvgIpc) is 3.63. The van der Waals surface area contributed by atoms with E-state index in [-0.39, 0.29) is 25.3 Å². The Bertz CT molecular complexity index is 1150. The van der Waals surface area contributed by atoms with Crippen LogP contribution < -0.4 is 0 Å². The summed E-state index contributed by atoms with van der Waals surface area (Å²) in [4.78, 5) is 16.5. The third-order valence-electron chi connectivity index (χ3n) is 5.76. The Morgan fingerprint density at radius 1 is 1.18 bits per heavy atom. The van der Waals surface area contributed by atoms with Gasteiger partial charge in [0.2, 0.25) is 0 Å². The van der Waals surface area contributed by atoms with Crippen molar-refractivity contribution in [3.05, 3.63) is 71.7 Å². The molecular weight excluding hydrogens is 421 g/mol. The number of halogens is 1. The number of nitrogens with zero attached hydrogens (tertiary/aromatic N) is 1. The maximum absolute atomic E-state index is 13.6. The van der Waals surface area contributed by atoms with Crippen LogP contribution in [0.1, 0.15) is 49.8 Å². The summed E-state index contributed by atoms with van der Waals surface area (Å²) in [7, 11) is 0. The molecule has 33 heavy (non-hydrogen) atoms. The molecule has 0 aliphatic heterocycles. The fourth-order valence-electron chi connectivity index (χ4n) is 4.07. The fourth-order valence-corrected chi connectivity index (χ4v) is 4.07. The summed E-state index contributed by atoms with van der Waals surface area (Å²) in [6.45, 7) is 1.95. The lowest BCUT2D eigenvalue weighted by molar-refractivity contribution is -0.145. The predicted molar refractivity (Wildman–Crippen MR) is 126 cm³/mol.